The third kappa shape index (κ3) is 8.00. The number of amides is 2. The molecule has 0 unspecified atom stereocenters. The first-order valence-electron chi connectivity index (χ1n) is 11.9. The summed E-state index contributed by atoms with van der Waals surface area (Å²) in [7, 11) is 0. The summed E-state index contributed by atoms with van der Waals surface area (Å²) in [5.41, 5.74) is 6.61. The Balaban J connectivity index is 1.35. The molecule has 3 rings (SSSR count). The molecule has 2 aliphatic rings. The van der Waals surface area contributed by atoms with Crippen LogP contribution < -0.4 is 16.4 Å². The third-order valence-electron chi connectivity index (χ3n) is 6.45. The van der Waals surface area contributed by atoms with Crippen molar-refractivity contribution in [2.24, 2.45) is 11.7 Å². The molecule has 0 saturated carbocycles. The summed E-state index contributed by atoms with van der Waals surface area (Å²) in [4.78, 5) is 40.8. The Hall–Kier alpha value is -2.29. The maximum atomic E-state index is 12.5. The largest absolute Gasteiger partial charge is 0.369 e. The molecule has 2 saturated heterocycles. The molecule has 0 radical (unpaired) electrons. The molecule has 1 aromatic carbocycles. The van der Waals surface area contributed by atoms with Gasteiger partial charge >= 0.3 is 0 Å². The molecule has 0 aromatic heterocycles. The third-order valence-corrected chi connectivity index (χ3v) is 6.45. The van der Waals surface area contributed by atoms with Crippen molar-refractivity contribution >= 4 is 23.3 Å². The number of carbonyl (C=O) groups excluding carboxylic acids is 3. The fraction of sp³-hybridized carbons (Fsp3) is 0.625. The van der Waals surface area contributed by atoms with Gasteiger partial charge in [-0.25, -0.2) is 0 Å². The van der Waals surface area contributed by atoms with Gasteiger partial charge in [0.25, 0.3) is 0 Å². The maximum Gasteiger partial charge on any atom is 0.225 e. The number of carbonyl (C=O) groups is 3. The van der Waals surface area contributed by atoms with Gasteiger partial charge in [-0.05, 0) is 64.0 Å². The minimum atomic E-state index is -0.228. The van der Waals surface area contributed by atoms with E-state index in [9.17, 15) is 14.4 Å². The molecule has 2 fully saturated rings. The lowest BCUT2D eigenvalue weighted by molar-refractivity contribution is -0.123. The Morgan fingerprint density at radius 2 is 1.69 bits per heavy atom. The zero-order valence-electron chi connectivity index (χ0n) is 19.0. The molecular formula is C24H37N5O3. The van der Waals surface area contributed by atoms with E-state index < -0.39 is 0 Å². The van der Waals surface area contributed by atoms with Crippen molar-refractivity contribution in [2.75, 3.05) is 57.7 Å². The van der Waals surface area contributed by atoms with Crippen LogP contribution in [0.2, 0.25) is 0 Å². The number of ketones is 1. The molecule has 0 bridgehead atoms. The van der Waals surface area contributed by atoms with Crippen LogP contribution in [-0.4, -0.2) is 79.8 Å². The van der Waals surface area contributed by atoms with Gasteiger partial charge in [-0.15, -0.1) is 0 Å². The molecule has 32 heavy (non-hydrogen) atoms. The number of nitrogens with one attached hydrogen (secondary N) is 2. The molecule has 176 valence electrons. The van der Waals surface area contributed by atoms with E-state index in [0.29, 0.717) is 30.8 Å². The summed E-state index contributed by atoms with van der Waals surface area (Å²) in [5, 5.41) is 6.14. The second-order valence-corrected chi connectivity index (χ2v) is 8.90. The Morgan fingerprint density at radius 1 is 0.969 bits per heavy atom. The van der Waals surface area contributed by atoms with Crippen molar-refractivity contribution in [1.29, 1.82) is 0 Å². The highest BCUT2D eigenvalue weighted by atomic mass is 16.2. The lowest BCUT2D eigenvalue weighted by Crippen LogP contribution is -2.39. The van der Waals surface area contributed by atoms with E-state index in [2.05, 4.69) is 20.4 Å². The molecule has 8 heteroatoms. The van der Waals surface area contributed by atoms with Crippen molar-refractivity contribution in [1.82, 2.24) is 15.1 Å². The van der Waals surface area contributed by atoms with E-state index in [0.717, 1.165) is 52.1 Å². The van der Waals surface area contributed by atoms with Gasteiger partial charge in [-0.2, -0.15) is 0 Å². The number of benzene rings is 1. The van der Waals surface area contributed by atoms with Gasteiger partial charge < -0.3 is 26.2 Å². The van der Waals surface area contributed by atoms with Gasteiger partial charge in [0.2, 0.25) is 11.8 Å². The second kappa shape index (κ2) is 12.7. The number of hydrogen-bond acceptors (Lipinski definition) is 6. The number of nitrogens with two attached hydrogens (primary N) is 1. The first-order valence-corrected chi connectivity index (χ1v) is 11.9. The molecule has 2 heterocycles. The number of rotatable bonds is 11. The van der Waals surface area contributed by atoms with Crippen molar-refractivity contribution < 1.29 is 14.4 Å². The molecule has 4 N–H and O–H groups in total. The van der Waals surface area contributed by atoms with Gasteiger partial charge in [-0.3, -0.25) is 14.4 Å². The van der Waals surface area contributed by atoms with Crippen LogP contribution in [0, 0.1) is 5.92 Å². The number of piperidine rings is 2. The summed E-state index contributed by atoms with van der Waals surface area (Å²) < 4.78 is 0. The fourth-order valence-corrected chi connectivity index (χ4v) is 4.42. The highest BCUT2D eigenvalue weighted by molar-refractivity contribution is 5.99. The standard InChI is InChI=1S/C24H37N5O3/c25-24(32)19-7-13-29(14-8-19)15-9-23(31)27-21-6-4-5-20(17-21)22(30)18-26-10-16-28-11-2-1-3-12-28/h4-6,17,19,26H,1-3,7-16,18H2,(H2,25,32)(H,27,31). The van der Waals surface area contributed by atoms with Crippen LogP contribution in [0.5, 0.6) is 0 Å². The molecule has 0 aliphatic carbocycles. The van der Waals surface area contributed by atoms with Crippen LogP contribution in [-0.2, 0) is 9.59 Å². The summed E-state index contributed by atoms with van der Waals surface area (Å²) in [6.07, 6.45) is 5.75. The molecule has 0 atom stereocenters. The Morgan fingerprint density at radius 3 is 2.41 bits per heavy atom. The van der Waals surface area contributed by atoms with Crippen molar-refractivity contribution in [3.05, 3.63) is 29.8 Å². The molecule has 8 nitrogen and oxygen atoms in total. The van der Waals surface area contributed by atoms with Gasteiger partial charge in [0.05, 0.1) is 6.54 Å². The Bertz CT molecular complexity index is 771. The SMILES string of the molecule is NC(=O)C1CCN(CCC(=O)Nc2cccc(C(=O)CNCCN3CCCCC3)c2)CC1. The molecule has 2 aliphatic heterocycles. The van der Waals surface area contributed by atoms with Crippen LogP contribution in [0.15, 0.2) is 24.3 Å². The summed E-state index contributed by atoms with van der Waals surface area (Å²) in [6, 6.07) is 7.13. The molecule has 1 aromatic rings. The van der Waals surface area contributed by atoms with Gasteiger partial charge in [0.15, 0.2) is 5.78 Å². The normalized spacial score (nSPS) is 18.4. The fourth-order valence-electron chi connectivity index (χ4n) is 4.42. The molecular weight excluding hydrogens is 406 g/mol. The number of primary amides is 1. The second-order valence-electron chi connectivity index (χ2n) is 8.90. The van der Waals surface area contributed by atoms with Crippen LogP contribution in [0.3, 0.4) is 0 Å². The summed E-state index contributed by atoms with van der Waals surface area (Å²) in [5.74, 6) is -0.322. The van der Waals surface area contributed by atoms with E-state index in [4.69, 9.17) is 5.73 Å². The van der Waals surface area contributed by atoms with Gasteiger partial charge in [-0.1, -0.05) is 18.6 Å². The van der Waals surface area contributed by atoms with E-state index in [1.807, 2.05) is 0 Å². The first-order chi connectivity index (χ1) is 15.5. The van der Waals surface area contributed by atoms with Crippen LogP contribution in [0.4, 0.5) is 5.69 Å². The van der Waals surface area contributed by atoms with E-state index >= 15 is 0 Å². The predicted octanol–water partition coefficient (Wildman–Crippen LogP) is 1.47. The van der Waals surface area contributed by atoms with Crippen molar-refractivity contribution in [2.45, 2.75) is 38.5 Å². The number of anilines is 1. The van der Waals surface area contributed by atoms with Gasteiger partial charge in [0, 0.05) is 43.2 Å². The number of Topliss-reactive ketones (excluding diaryl/α,β-unsaturated/α-hetero) is 1. The van der Waals surface area contributed by atoms with Crippen LogP contribution in [0.1, 0.15) is 48.9 Å². The number of likely N-dealkylation sites (tertiary alicyclic amines) is 2. The average molecular weight is 444 g/mol. The Kier molecular flexibility index (Phi) is 9.64. The number of nitrogens with zero attached hydrogens (tertiary/aromatic N) is 2. The monoisotopic (exact) mass is 443 g/mol. The smallest absolute Gasteiger partial charge is 0.225 e. The number of hydrogen-bond donors (Lipinski definition) is 3. The Labute approximate surface area is 190 Å². The van der Waals surface area contributed by atoms with Gasteiger partial charge in [0.1, 0.15) is 0 Å². The van der Waals surface area contributed by atoms with Crippen LogP contribution >= 0.6 is 0 Å². The van der Waals surface area contributed by atoms with Crippen molar-refractivity contribution in [3.8, 4) is 0 Å². The lowest BCUT2D eigenvalue weighted by atomic mass is 9.96. The zero-order valence-corrected chi connectivity index (χ0v) is 19.0. The minimum Gasteiger partial charge on any atom is -0.369 e. The first kappa shape index (κ1) is 24.4. The van der Waals surface area contributed by atoms with Crippen LogP contribution in [0.25, 0.3) is 0 Å². The molecule has 0 spiro atoms. The minimum absolute atomic E-state index is 0.0251. The molecule has 2 amide bonds. The van der Waals surface area contributed by atoms with E-state index in [1.165, 1.54) is 19.3 Å². The highest BCUT2D eigenvalue weighted by Gasteiger charge is 2.23. The lowest BCUT2D eigenvalue weighted by Gasteiger charge is -2.30. The quantitative estimate of drug-likeness (QED) is 0.353. The summed E-state index contributed by atoms with van der Waals surface area (Å²) in [6.45, 7) is 6.61. The maximum absolute atomic E-state index is 12.5. The zero-order chi connectivity index (χ0) is 22.8. The summed E-state index contributed by atoms with van der Waals surface area (Å²) >= 11 is 0. The average Bonchev–Trinajstić information content (AvgIpc) is 2.81. The van der Waals surface area contributed by atoms with E-state index in [1.54, 1.807) is 24.3 Å². The highest BCUT2D eigenvalue weighted by Crippen LogP contribution is 2.17. The van der Waals surface area contributed by atoms with E-state index in [-0.39, 0.29) is 23.5 Å². The predicted molar refractivity (Wildman–Crippen MR) is 126 cm³/mol. The van der Waals surface area contributed by atoms with Crippen molar-refractivity contribution in [3.63, 3.8) is 0 Å². The topological polar surface area (TPSA) is 108 Å².